The van der Waals surface area contributed by atoms with E-state index in [0.29, 0.717) is 16.3 Å². The van der Waals surface area contributed by atoms with Crippen molar-refractivity contribution in [3.8, 4) is 0 Å². The zero-order chi connectivity index (χ0) is 18.6. The second-order valence-electron chi connectivity index (χ2n) is 6.45. The molecule has 0 aromatic heterocycles. The maximum absolute atomic E-state index is 12.5. The molecule has 2 aromatic carbocycles. The molecule has 2 aromatic rings. The predicted molar refractivity (Wildman–Crippen MR) is 103 cm³/mol. The van der Waals surface area contributed by atoms with Crippen LogP contribution >= 0.6 is 11.6 Å². The number of hydrogen-bond donors (Lipinski definition) is 2. The molecule has 138 valence electrons. The third-order valence-electron chi connectivity index (χ3n) is 4.44. The quantitative estimate of drug-likeness (QED) is 0.800. The van der Waals surface area contributed by atoms with Crippen molar-refractivity contribution in [3.05, 3.63) is 59.1 Å². The van der Waals surface area contributed by atoms with Gasteiger partial charge in [-0.15, -0.1) is 0 Å². The first-order valence-corrected chi connectivity index (χ1v) is 10.5. The van der Waals surface area contributed by atoms with E-state index >= 15 is 0 Å². The minimum atomic E-state index is -3.54. The van der Waals surface area contributed by atoms with E-state index in [1.807, 2.05) is 0 Å². The molecule has 0 atom stereocenters. The molecule has 0 spiro atoms. The van der Waals surface area contributed by atoms with Gasteiger partial charge in [0.15, 0.2) is 0 Å². The number of benzene rings is 2. The number of amides is 1. The fraction of sp³-hybridized carbons (Fsp3) is 0.316. The highest BCUT2D eigenvalue weighted by atomic mass is 35.5. The lowest BCUT2D eigenvalue weighted by molar-refractivity contribution is 0.102. The Kier molecular flexibility index (Phi) is 5.96. The molecule has 1 aliphatic carbocycles. The van der Waals surface area contributed by atoms with E-state index in [0.717, 1.165) is 25.7 Å². The van der Waals surface area contributed by atoms with E-state index < -0.39 is 10.0 Å². The van der Waals surface area contributed by atoms with Crippen molar-refractivity contribution < 1.29 is 13.2 Å². The van der Waals surface area contributed by atoms with Crippen LogP contribution in [0.1, 0.15) is 42.5 Å². The van der Waals surface area contributed by atoms with Gasteiger partial charge in [-0.3, -0.25) is 4.79 Å². The summed E-state index contributed by atoms with van der Waals surface area (Å²) in [5, 5.41) is 3.21. The Hall–Kier alpha value is -1.89. The first kappa shape index (κ1) is 18.9. The monoisotopic (exact) mass is 392 g/mol. The molecule has 3 rings (SSSR count). The summed E-state index contributed by atoms with van der Waals surface area (Å²) in [6, 6.07) is 12.8. The lowest BCUT2D eigenvalue weighted by atomic mass is 9.96. The minimum Gasteiger partial charge on any atom is -0.322 e. The van der Waals surface area contributed by atoms with Crippen LogP contribution in [0.3, 0.4) is 0 Å². The first-order chi connectivity index (χ1) is 12.4. The van der Waals surface area contributed by atoms with Crippen molar-refractivity contribution in [1.82, 2.24) is 4.72 Å². The molecule has 0 aliphatic heterocycles. The number of carbonyl (C=O) groups excluding carboxylic acids is 1. The van der Waals surface area contributed by atoms with Gasteiger partial charge in [0, 0.05) is 22.3 Å². The van der Waals surface area contributed by atoms with E-state index in [1.54, 1.807) is 36.4 Å². The molecule has 1 saturated carbocycles. The Morgan fingerprint density at radius 2 is 1.69 bits per heavy atom. The van der Waals surface area contributed by atoms with Gasteiger partial charge in [-0.2, -0.15) is 0 Å². The summed E-state index contributed by atoms with van der Waals surface area (Å²) in [6.07, 6.45) is 5.04. The van der Waals surface area contributed by atoms with Crippen LogP contribution in [0.2, 0.25) is 5.02 Å². The molecule has 7 heteroatoms. The van der Waals surface area contributed by atoms with E-state index in [2.05, 4.69) is 10.0 Å². The fourth-order valence-electron chi connectivity index (χ4n) is 3.06. The van der Waals surface area contributed by atoms with Gasteiger partial charge in [0.25, 0.3) is 5.91 Å². The second-order valence-corrected chi connectivity index (χ2v) is 8.60. The topological polar surface area (TPSA) is 75.3 Å². The molecule has 1 amide bonds. The van der Waals surface area contributed by atoms with E-state index in [1.165, 1.54) is 18.6 Å². The molecule has 0 bridgehead atoms. The van der Waals surface area contributed by atoms with Crippen LogP contribution in [-0.2, 0) is 10.0 Å². The van der Waals surface area contributed by atoms with Crippen LogP contribution in [-0.4, -0.2) is 20.4 Å². The first-order valence-electron chi connectivity index (χ1n) is 8.63. The molecule has 26 heavy (non-hydrogen) atoms. The Morgan fingerprint density at radius 3 is 2.35 bits per heavy atom. The zero-order valence-electron chi connectivity index (χ0n) is 14.2. The van der Waals surface area contributed by atoms with E-state index in [4.69, 9.17) is 11.6 Å². The van der Waals surface area contributed by atoms with Gasteiger partial charge in [0.05, 0.1) is 4.90 Å². The number of halogens is 1. The van der Waals surface area contributed by atoms with Gasteiger partial charge < -0.3 is 5.32 Å². The number of carbonyl (C=O) groups is 1. The third kappa shape index (κ3) is 4.84. The number of sulfonamides is 1. The summed E-state index contributed by atoms with van der Waals surface area (Å²) >= 11 is 5.89. The Morgan fingerprint density at radius 1 is 1.00 bits per heavy atom. The van der Waals surface area contributed by atoms with Gasteiger partial charge in [-0.1, -0.05) is 36.9 Å². The summed E-state index contributed by atoms with van der Waals surface area (Å²) in [7, 11) is -3.54. The van der Waals surface area contributed by atoms with Gasteiger partial charge in [-0.25, -0.2) is 13.1 Å². The van der Waals surface area contributed by atoms with Crippen molar-refractivity contribution in [3.63, 3.8) is 0 Å². The average molecular weight is 393 g/mol. The Labute approximate surface area is 158 Å². The number of anilines is 1. The molecule has 1 fully saturated rings. The summed E-state index contributed by atoms with van der Waals surface area (Å²) in [5.74, 6) is -0.302. The van der Waals surface area contributed by atoms with Crippen LogP contribution < -0.4 is 10.0 Å². The molecule has 5 nitrogen and oxygen atoms in total. The Bertz CT molecular complexity index is 876. The Balaban J connectivity index is 1.66. The van der Waals surface area contributed by atoms with Crippen molar-refractivity contribution in [1.29, 1.82) is 0 Å². The largest absolute Gasteiger partial charge is 0.322 e. The third-order valence-corrected chi connectivity index (χ3v) is 6.21. The van der Waals surface area contributed by atoms with Gasteiger partial charge in [-0.05, 0) is 55.3 Å². The molecular weight excluding hydrogens is 372 g/mol. The van der Waals surface area contributed by atoms with Crippen molar-refractivity contribution in [2.24, 2.45) is 0 Å². The molecule has 0 heterocycles. The van der Waals surface area contributed by atoms with Gasteiger partial charge >= 0.3 is 0 Å². The normalized spacial score (nSPS) is 15.6. The number of hydrogen-bond acceptors (Lipinski definition) is 3. The second kappa shape index (κ2) is 8.20. The van der Waals surface area contributed by atoms with Gasteiger partial charge in [0.2, 0.25) is 10.0 Å². The molecule has 0 saturated heterocycles. The van der Waals surface area contributed by atoms with Crippen LogP contribution in [0.25, 0.3) is 0 Å². The maximum atomic E-state index is 12.5. The molecule has 2 N–H and O–H groups in total. The molecular formula is C19H21ClN2O3S. The summed E-state index contributed by atoms with van der Waals surface area (Å²) in [4.78, 5) is 12.4. The average Bonchev–Trinajstić information content (AvgIpc) is 2.62. The van der Waals surface area contributed by atoms with Crippen molar-refractivity contribution in [2.75, 3.05) is 5.32 Å². The van der Waals surface area contributed by atoms with Crippen LogP contribution in [0.5, 0.6) is 0 Å². The molecule has 1 aliphatic rings. The standard InChI is InChI=1S/C19H21ClN2O3S/c20-15-6-4-5-14(13-15)19(23)21-16-9-11-18(12-10-16)26(24,25)22-17-7-2-1-3-8-17/h4-6,9-13,17,22H,1-3,7-8H2,(H,21,23). The predicted octanol–water partition coefficient (Wildman–Crippen LogP) is 4.20. The highest BCUT2D eigenvalue weighted by Gasteiger charge is 2.21. The van der Waals surface area contributed by atoms with Crippen LogP contribution in [0.15, 0.2) is 53.4 Å². The smallest absolute Gasteiger partial charge is 0.255 e. The number of nitrogens with one attached hydrogen (secondary N) is 2. The van der Waals surface area contributed by atoms with E-state index in [9.17, 15) is 13.2 Å². The maximum Gasteiger partial charge on any atom is 0.255 e. The lowest BCUT2D eigenvalue weighted by Crippen LogP contribution is -2.36. The lowest BCUT2D eigenvalue weighted by Gasteiger charge is -2.22. The SMILES string of the molecule is O=C(Nc1ccc(S(=O)(=O)NC2CCCCC2)cc1)c1cccc(Cl)c1. The highest BCUT2D eigenvalue weighted by molar-refractivity contribution is 7.89. The summed E-state index contributed by atoms with van der Waals surface area (Å²) in [6.45, 7) is 0. The molecule has 0 radical (unpaired) electrons. The van der Waals surface area contributed by atoms with Crippen molar-refractivity contribution >= 4 is 33.2 Å². The zero-order valence-corrected chi connectivity index (χ0v) is 15.8. The van der Waals surface area contributed by atoms with Crippen LogP contribution in [0, 0.1) is 0 Å². The van der Waals surface area contributed by atoms with E-state index in [-0.39, 0.29) is 16.8 Å². The summed E-state index contributed by atoms with van der Waals surface area (Å²) in [5.41, 5.74) is 0.958. The fourth-order valence-corrected chi connectivity index (χ4v) is 4.55. The molecule has 0 unspecified atom stereocenters. The number of rotatable bonds is 5. The van der Waals surface area contributed by atoms with Crippen LogP contribution in [0.4, 0.5) is 5.69 Å². The highest BCUT2D eigenvalue weighted by Crippen LogP contribution is 2.21. The minimum absolute atomic E-state index is 0.0101. The summed E-state index contributed by atoms with van der Waals surface area (Å²) < 4.78 is 27.7. The van der Waals surface area contributed by atoms with Gasteiger partial charge in [0.1, 0.15) is 0 Å². The van der Waals surface area contributed by atoms with Crippen molar-refractivity contribution in [2.45, 2.75) is 43.0 Å².